The summed E-state index contributed by atoms with van der Waals surface area (Å²) in [6, 6.07) is 5.23. The molecule has 1 aromatic rings. The van der Waals surface area contributed by atoms with E-state index >= 15 is 0 Å². The van der Waals surface area contributed by atoms with Crippen molar-refractivity contribution in [2.75, 3.05) is 5.32 Å². The van der Waals surface area contributed by atoms with E-state index in [1.807, 2.05) is 0 Å². The van der Waals surface area contributed by atoms with Crippen molar-refractivity contribution in [3.63, 3.8) is 0 Å². The predicted molar refractivity (Wildman–Crippen MR) is 69.2 cm³/mol. The third kappa shape index (κ3) is 3.33. The van der Waals surface area contributed by atoms with Crippen molar-refractivity contribution in [3.05, 3.63) is 31.9 Å². The molecule has 1 unspecified atom stereocenters. The van der Waals surface area contributed by atoms with Gasteiger partial charge in [-0.2, -0.15) is 0 Å². The van der Waals surface area contributed by atoms with Gasteiger partial charge in [0.25, 0.3) is 5.69 Å². The van der Waals surface area contributed by atoms with E-state index < -0.39 is 0 Å². The Hall–Kier alpha value is -0.850. The Morgan fingerprint density at radius 3 is 2.73 bits per heavy atom. The van der Waals surface area contributed by atoms with Crippen LogP contribution in [-0.4, -0.2) is 11.0 Å². The normalized spacial score (nSPS) is 12.2. The lowest BCUT2D eigenvalue weighted by Crippen LogP contribution is -2.14. The largest absolute Gasteiger partial charge is 0.382 e. The second-order valence-corrected chi connectivity index (χ2v) is 4.54. The Morgan fingerprint density at radius 2 is 2.27 bits per heavy atom. The van der Waals surface area contributed by atoms with Crippen LogP contribution in [0.1, 0.15) is 20.3 Å². The molecule has 82 valence electrons. The van der Waals surface area contributed by atoms with Crippen molar-refractivity contribution in [3.8, 4) is 0 Å². The van der Waals surface area contributed by atoms with E-state index in [2.05, 4.69) is 41.8 Å². The number of hydrogen-bond donors (Lipinski definition) is 1. The molecule has 0 aliphatic rings. The minimum absolute atomic E-state index is 0.133. The molecule has 1 aromatic carbocycles. The van der Waals surface area contributed by atoms with Gasteiger partial charge in [0.15, 0.2) is 0 Å². The van der Waals surface area contributed by atoms with Gasteiger partial charge in [0.05, 0.1) is 4.92 Å². The van der Waals surface area contributed by atoms with Crippen molar-refractivity contribution < 1.29 is 4.92 Å². The molecule has 0 amide bonds. The lowest BCUT2D eigenvalue weighted by Gasteiger charge is -2.14. The van der Waals surface area contributed by atoms with Crippen LogP contribution in [-0.2, 0) is 0 Å². The van der Waals surface area contributed by atoms with E-state index in [0.29, 0.717) is 6.04 Å². The Morgan fingerprint density at radius 1 is 1.60 bits per heavy atom. The molecule has 1 atom stereocenters. The number of nitro benzene ring substituents is 1. The molecule has 0 fully saturated rings. The second kappa shape index (κ2) is 5.29. The van der Waals surface area contributed by atoms with E-state index in [-0.39, 0.29) is 10.6 Å². The summed E-state index contributed by atoms with van der Waals surface area (Å²) in [5, 5.41) is 13.8. The summed E-state index contributed by atoms with van der Waals surface area (Å²) in [5.41, 5.74) is 1.09. The number of benzene rings is 1. The number of hydrogen-bond acceptors (Lipinski definition) is 3. The highest BCUT2D eigenvalue weighted by molar-refractivity contribution is 14.1. The van der Waals surface area contributed by atoms with Crippen LogP contribution in [0.2, 0.25) is 0 Å². The van der Waals surface area contributed by atoms with Gasteiger partial charge in [0.1, 0.15) is 0 Å². The fourth-order valence-electron chi connectivity index (χ4n) is 1.10. The zero-order valence-electron chi connectivity index (χ0n) is 8.66. The monoisotopic (exact) mass is 320 g/mol. The highest BCUT2D eigenvalue weighted by Gasteiger charge is 2.09. The Labute approximate surface area is 102 Å². The fourth-order valence-corrected chi connectivity index (χ4v) is 1.76. The Kier molecular flexibility index (Phi) is 4.31. The number of non-ortho nitro benzene ring substituents is 1. The van der Waals surface area contributed by atoms with Crippen molar-refractivity contribution in [2.24, 2.45) is 0 Å². The van der Waals surface area contributed by atoms with Crippen molar-refractivity contribution >= 4 is 34.0 Å². The lowest BCUT2D eigenvalue weighted by molar-refractivity contribution is -0.384. The van der Waals surface area contributed by atoms with Gasteiger partial charge in [-0.3, -0.25) is 10.1 Å². The molecule has 0 saturated heterocycles. The molecule has 1 rings (SSSR count). The first-order chi connectivity index (χ1) is 7.04. The van der Waals surface area contributed by atoms with E-state index in [4.69, 9.17) is 0 Å². The maximum absolute atomic E-state index is 10.5. The Balaban J connectivity index is 2.88. The van der Waals surface area contributed by atoms with Crippen LogP contribution in [0.15, 0.2) is 18.2 Å². The van der Waals surface area contributed by atoms with Crippen molar-refractivity contribution in [1.82, 2.24) is 0 Å². The van der Waals surface area contributed by atoms with Gasteiger partial charge in [0, 0.05) is 27.4 Å². The summed E-state index contributed by atoms with van der Waals surface area (Å²) in [6.45, 7) is 4.17. The molecule has 0 aliphatic heterocycles. The average molecular weight is 320 g/mol. The molecule has 1 N–H and O–H groups in total. The molecule has 0 spiro atoms. The number of anilines is 1. The molecule has 5 heteroatoms. The predicted octanol–water partition coefficient (Wildman–Crippen LogP) is 3.41. The van der Waals surface area contributed by atoms with Crippen molar-refractivity contribution in [1.29, 1.82) is 0 Å². The third-order valence-electron chi connectivity index (χ3n) is 2.18. The minimum atomic E-state index is -0.380. The lowest BCUT2D eigenvalue weighted by atomic mass is 10.2. The topological polar surface area (TPSA) is 55.2 Å². The van der Waals surface area contributed by atoms with E-state index in [1.54, 1.807) is 12.1 Å². The molecular formula is C10H13IN2O2. The van der Waals surface area contributed by atoms with Gasteiger partial charge in [-0.05, 0) is 42.0 Å². The Bertz CT molecular complexity index is 368. The number of nitro groups is 1. The van der Waals surface area contributed by atoms with Gasteiger partial charge in [0.2, 0.25) is 0 Å². The number of nitrogens with zero attached hydrogens (tertiary/aromatic N) is 1. The molecule has 0 saturated carbocycles. The summed E-state index contributed by atoms with van der Waals surface area (Å²) >= 11 is 2.10. The average Bonchev–Trinajstić information content (AvgIpc) is 2.20. The van der Waals surface area contributed by atoms with Crippen molar-refractivity contribution in [2.45, 2.75) is 26.3 Å². The first-order valence-corrected chi connectivity index (χ1v) is 5.83. The van der Waals surface area contributed by atoms with Crippen LogP contribution in [0.25, 0.3) is 0 Å². The molecule has 0 aliphatic carbocycles. The van der Waals surface area contributed by atoms with Gasteiger partial charge >= 0.3 is 0 Å². The zero-order valence-corrected chi connectivity index (χ0v) is 10.8. The molecular weight excluding hydrogens is 307 g/mol. The van der Waals surface area contributed by atoms with Gasteiger partial charge in [-0.25, -0.2) is 0 Å². The van der Waals surface area contributed by atoms with E-state index in [9.17, 15) is 10.1 Å². The van der Waals surface area contributed by atoms with Gasteiger partial charge in [-0.15, -0.1) is 0 Å². The third-order valence-corrected chi connectivity index (χ3v) is 3.07. The highest BCUT2D eigenvalue weighted by atomic mass is 127. The minimum Gasteiger partial charge on any atom is -0.382 e. The molecule has 15 heavy (non-hydrogen) atoms. The summed E-state index contributed by atoms with van der Waals surface area (Å²) in [7, 11) is 0. The van der Waals surface area contributed by atoms with E-state index in [1.165, 1.54) is 6.07 Å². The SMILES string of the molecule is CCC(C)Nc1ccc([N+](=O)[O-])cc1I. The number of nitrogens with one attached hydrogen (secondary N) is 1. The maximum atomic E-state index is 10.5. The maximum Gasteiger partial charge on any atom is 0.270 e. The van der Waals surface area contributed by atoms with Gasteiger partial charge in [-0.1, -0.05) is 6.92 Å². The van der Waals surface area contributed by atoms with Crippen LogP contribution in [0.5, 0.6) is 0 Å². The standard InChI is InChI=1S/C10H13IN2O2/c1-3-7(2)12-10-5-4-8(13(14)15)6-9(10)11/h4-7,12H,3H2,1-2H3. The first-order valence-electron chi connectivity index (χ1n) is 4.75. The second-order valence-electron chi connectivity index (χ2n) is 3.37. The number of rotatable bonds is 4. The van der Waals surface area contributed by atoms with Crippen LogP contribution < -0.4 is 5.32 Å². The van der Waals surface area contributed by atoms with Crippen LogP contribution in [0.3, 0.4) is 0 Å². The quantitative estimate of drug-likeness (QED) is 0.525. The molecule has 0 heterocycles. The smallest absolute Gasteiger partial charge is 0.270 e. The van der Waals surface area contributed by atoms with E-state index in [0.717, 1.165) is 15.7 Å². The molecule has 0 aromatic heterocycles. The summed E-state index contributed by atoms with van der Waals surface area (Å²) in [5.74, 6) is 0. The van der Waals surface area contributed by atoms with Gasteiger partial charge < -0.3 is 5.32 Å². The summed E-state index contributed by atoms with van der Waals surface area (Å²) in [6.07, 6.45) is 1.02. The van der Waals surface area contributed by atoms with Crippen LogP contribution in [0.4, 0.5) is 11.4 Å². The summed E-state index contributed by atoms with van der Waals surface area (Å²) < 4.78 is 0.877. The molecule has 4 nitrogen and oxygen atoms in total. The first kappa shape index (κ1) is 12.2. The molecule has 0 bridgehead atoms. The summed E-state index contributed by atoms with van der Waals surface area (Å²) in [4.78, 5) is 10.1. The molecule has 0 radical (unpaired) electrons. The number of halogens is 1. The van der Waals surface area contributed by atoms with Crippen LogP contribution >= 0.6 is 22.6 Å². The highest BCUT2D eigenvalue weighted by Crippen LogP contribution is 2.24. The zero-order chi connectivity index (χ0) is 11.4. The van der Waals surface area contributed by atoms with Crippen LogP contribution in [0, 0.1) is 13.7 Å². The fraction of sp³-hybridized carbons (Fsp3) is 0.400.